The van der Waals surface area contributed by atoms with Crippen molar-refractivity contribution < 1.29 is 14.3 Å². The van der Waals surface area contributed by atoms with Gasteiger partial charge in [-0.1, -0.05) is 11.3 Å². The number of rotatable bonds is 6. The van der Waals surface area contributed by atoms with Crippen molar-refractivity contribution >= 4 is 22.4 Å². The van der Waals surface area contributed by atoms with Gasteiger partial charge in [-0.2, -0.15) is 0 Å². The summed E-state index contributed by atoms with van der Waals surface area (Å²) in [4.78, 5) is 24.9. The number of morpholine rings is 2. The van der Waals surface area contributed by atoms with Gasteiger partial charge < -0.3 is 19.7 Å². The highest BCUT2D eigenvalue weighted by Gasteiger charge is 2.27. The molecule has 0 spiro atoms. The summed E-state index contributed by atoms with van der Waals surface area (Å²) < 4.78 is 10.8. The number of nitrogens with one attached hydrogen (secondary N) is 1. The van der Waals surface area contributed by atoms with E-state index in [1.54, 1.807) is 6.20 Å². The van der Waals surface area contributed by atoms with Gasteiger partial charge in [0.2, 0.25) is 0 Å². The molecule has 0 atom stereocenters. The molecule has 0 saturated carbocycles. The molecule has 4 rings (SSSR count). The van der Waals surface area contributed by atoms with Crippen LogP contribution in [0.5, 0.6) is 0 Å². The molecule has 0 aliphatic carbocycles. The largest absolute Gasteiger partial charge is 0.379 e. The van der Waals surface area contributed by atoms with Crippen molar-refractivity contribution in [2.45, 2.75) is 18.9 Å². The fourth-order valence-corrected chi connectivity index (χ4v) is 5.00. The summed E-state index contributed by atoms with van der Waals surface area (Å²) >= 11 is 1.51. The lowest BCUT2D eigenvalue weighted by atomic mass is 10.0. The molecular weight excluding hydrogens is 378 g/mol. The van der Waals surface area contributed by atoms with Crippen molar-refractivity contribution in [1.82, 2.24) is 20.1 Å². The molecule has 1 amide bonds. The van der Waals surface area contributed by atoms with Crippen LogP contribution in [0.1, 0.15) is 22.5 Å². The number of carbonyl (C=O) groups is 1. The molecule has 1 N–H and O–H groups in total. The third-order valence-corrected chi connectivity index (χ3v) is 6.89. The number of carbonyl (C=O) groups excluding carboxylic acids is 1. The zero-order valence-corrected chi connectivity index (χ0v) is 17.3. The van der Waals surface area contributed by atoms with Gasteiger partial charge in [-0.05, 0) is 12.8 Å². The number of hydrogen-bond acceptors (Lipinski definition) is 8. The van der Waals surface area contributed by atoms with Crippen LogP contribution in [-0.4, -0.2) is 106 Å². The molecule has 0 radical (unpaired) electrons. The quantitative estimate of drug-likeness (QED) is 0.734. The first-order chi connectivity index (χ1) is 13.8. The number of nitrogens with zero attached hydrogens (tertiary/aromatic N) is 4. The summed E-state index contributed by atoms with van der Waals surface area (Å²) in [5.74, 6) is -0.0137. The summed E-state index contributed by atoms with van der Waals surface area (Å²) in [6.07, 6.45) is 4.03. The van der Waals surface area contributed by atoms with Crippen molar-refractivity contribution in [3.05, 3.63) is 11.1 Å². The van der Waals surface area contributed by atoms with Gasteiger partial charge in [0, 0.05) is 58.4 Å². The molecule has 156 valence electrons. The third kappa shape index (κ3) is 5.21. The van der Waals surface area contributed by atoms with E-state index < -0.39 is 0 Å². The van der Waals surface area contributed by atoms with E-state index in [0.29, 0.717) is 17.5 Å². The van der Waals surface area contributed by atoms with E-state index in [1.165, 1.54) is 11.3 Å². The van der Waals surface area contributed by atoms with E-state index in [2.05, 4.69) is 25.0 Å². The van der Waals surface area contributed by atoms with Crippen LogP contribution in [0, 0.1) is 0 Å². The minimum atomic E-state index is -0.0137. The summed E-state index contributed by atoms with van der Waals surface area (Å²) in [5, 5.41) is 4.00. The summed E-state index contributed by atoms with van der Waals surface area (Å²) in [5.41, 5.74) is 0. The van der Waals surface area contributed by atoms with Crippen LogP contribution in [0.4, 0.5) is 5.13 Å². The number of amides is 1. The minimum absolute atomic E-state index is 0.0137. The van der Waals surface area contributed by atoms with Crippen molar-refractivity contribution in [3.8, 4) is 0 Å². The first-order valence-corrected chi connectivity index (χ1v) is 11.2. The van der Waals surface area contributed by atoms with Gasteiger partial charge in [0.15, 0.2) is 5.13 Å². The SMILES string of the molecule is O=C(NCCN1CCOCC1)c1cnc(N2CCC(N3CCOCC3)CC2)s1. The highest BCUT2D eigenvalue weighted by atomic mass is 32.1. The number of hydrogen-bond donors (Lipinski definition) is 1. The third-order valence-electron chi connectivity index (χ3n) is 5.83. The van der Waals surface area contributed by atoms with Crippen LogP contribution in [0.15, 0.2) is 6.20 Å². The van der Waals surface area contributed by atoms with Crippen LogP contribution in [0.25, 0.3) is 0 Å². The first-order valence-electron chi connectivity index (χ1n) is 10.4. The Labute approximate surface area is 170 Å². The topological polar surface area (TPSA) is 70.2 Å². The molecule has 9 heteroatoms. The molecule has 0 bridgehead atoms. The zero-order valence-electron chi connectivity index (χ0n) is 16.5. The van der Waals surface area contributed by atoms with E-state index in [4.69, 9.17) is 9.47 Å². The molecule has 3 fully saturated rings. The molecule has 4 heterocycles. The van der Waals surface area contributed by atoms with Crippen molar-refractivity contribution in [2.24, 2.45) is 0 Å². The first kappa shape index (κ1) is 20.0. The van der Waals surface area contributed by atoms with E-state index in [1.807, 2.05) is 0 Å². The Morgan fingerprint density at radius 2 is 1.75 bits per heavy atom. The second kappa shape index (κ2) is 9.98. The Kier molecular flexibility index (Phi) is 7.14. The molecule has 1 aromatic rings. The normalized spacial score (nSPS) is 23.1. The average molecular weight is 410 g/mol. The number of ether oxygens (including phenoxy) is 2. The second-order valence-corrected chi connectivity index (χ2v) is 8.59. The summed E-state index contributed by atoms with van der Waals surface area (Å²) in [6.45, 7) is 10.8. The standard InChI is InChI=1S/C19H31N5O3S/c25-18(20-3-6-22-7-11-26-12-8-22)17-15-21-19(28-17)24-4-1-16(2-5-24)23-9-13-27-14-10-23/h15-16H,1-14H2,(H,20,25). The molecule has 28 heavy (non-hydrogen) atoms. The Bertz CT molecular complexity index is 623. The van der Waals surface area contributed by atoms with Crippen LogP contribution in [0.3, 0.4) is 0 Å². The molecule has 8 nitrogen and oxygen atoms in total. The van der Waals surface area contributed by atoms with Gasteiger partial charge in [-0.3, -0.25) is 14.6 Å². The number of piperidine rings is 1. The van der Waals surface area contributed by atoms with Crippen molar-refractivity contribution in [1.29, 1.82) is 0 Å². The van der Waals surface area contributed by atoms with Crippen LogP contribution in [0.2, 0.25) is 0 Å². The smallest absolute Gasteiger partial charge is 0.263 e. The highest BCUT2D eigenvalue weighted by molar-refractivity contribution is 7.17. The number of anilines is 1. The van der Waals surface area contributed by atoms with Gasteiger partial charge in [0.05, 0.1) is 32.6 Å². The summed E-state index contributed by atoms with van der Waals surface area (Å²) in [6, 6.07) is 0.656. The monoisotopic (exact) mass is 409 g/mol. The van der Waals surface area contributed by atoms with Crippen LogP contribution in [-0.2, 0) is 9.47 Å². The lowest BCUT2D eigenvalue weighted by Crippen LogP contribution is -2.49. The average Bonchev–Trinajstić information content (AvgIpc) is 3.26. The molecular formula is C19H31N5O3S. The van der Waals surface area contributed by atoms with Gasteiger partial charge in [0.1, 0.15) is 4.88 Å². The van der Waals surface area contributed by atoms with Gasteiger partial charge >= 0.3 is 0 Å². The van der Waals surface area contributed by atoms with Gasteiger partial charge in [-0.25, -0.2) is 4.98 Å². The van der Waals surface area contributed by atoms with Crippen LogP contribution >= 0.6 is 11.3 Å². The fourth-order valence-electron chi connectivity index (χ4n) is 4.12. The van der Waals surface area contributed by atoms with Crippen molar-refractivity contribution in [2.75, 3.05) is 83.7 Å². The Hall–Kier alpha value is -1.26. The molecule has 0 unspecified atom stereocenters. The van der Waals surface area contributed by atoms with Crippen molar-refractivity contribution in [3.63, 3.8) is 0 Å². The Balaban J connectivity index is 1.21. The predicted molar refractivity (Wildman–Crippen MR) is 109 cm³/mol. The fraction of sp³-hybridized carbons (Fsp3) is 0.789. The van der Waals surface area contributed by atoms with E-state index in [-0.39, 0.29) is 5.91 Å². The van der Waals surface area contributed by atoms with E-state index >= 15 is 0 Å². The Morgan fingerprint density at radius 1 is 1.07 bits per heavy atom. The maximum Gasteiger partial charge on any atom is 0.263 e. The lowest BCUT2D eigenvalue weighted by Gasteiger charge is -2.40. The number of thiazole rings is 1. The maximum absolute atomic E-state index is 12.4. The molecule has 3 aliphatic rings. The Morgan fingerprint density at radius 3 is 2.46 bits per heavy atom. The van der Waals surface area contributed by atoms with E-state index in [0.717, 1.165) is 90.2 Å². The molecule has 3 aliphatic heterocycles. The second-order valence-electron chi connectivity index (χ2n) is 7.58. The summed E-state index contributed by atoms with van der Waals surface area (Å²) in [7, 11) is 0. The molecule has 3 saturated heterocycles. The number of aromatic nitrogens is 1. The maximum atomic E-state index is 12.4. The lowest BCUT2D eigenvalue weighted by molar-refractivity contribution is 0.0115. The zero-order chi connectivity index (χ0) is 19.2. The molecule has 1 aromatic heterocycles. The molecule has 0 aromatic carbocycles. The van der Waals surface area contributed by atoms with E-state index in [9.17, 15) is 4.79 Å². The van der Waals surface area contributed by atoms with Gasteiger partial charge in [0.25, 0.3) is 5.91 Å². The minimum Gasteiger partial charge on any atom is -0.379 e. The predicted octanol–water partition coefficient (Wildman–Crippen LogP) is 0.506. The van der Waals surface area contributed by atoms with Gasteiger partial charge in [-0.15, -0.1) is 0 Å². The highest BCUT2D eigenvalue weighted by Crippen LogP contribution is 2.27. The van der Waals surface area contributed by atoms with Crippen LogP contribution < -0.4 is 10.2 Å².